The maximum absolute atomic E-state index is 12.4. The number of para-hydroxylation sites is 2. The van der Waals surface area contributed by atoms with E-state index in [1.165, 1.54) is 0 Å². The molecule has 0 unspecified atom stereocenters. The summed E-state index contributed by atoms with van der Waals surface area (Å²) in [5, 5.41) is 14.3. The van der Waals surface area contributed by atoms with Crippen LogP contribution in [0.3, 0.4) is 0 Å². The summed E-state index contributed by atoms with van der Waals surface area (Å²) in [6, 6.07) is 13.0. The normalized spacial score (nSPS) is 9.78. The lowest BCUT2D eigenvalue weighted by atomic mass is 10.1. The van der Waals surface area contributed by atoms with E-state index in [0.29, 0.717) is 21.4 Å². The molecule has 0 aliphatic heterocycles. The van der Waals surface area contributed by atoms with E-state index >= 15 is 0 Å². The van der Waals surface area contributed by atoms with Crippen molar-refractivity contribution in [1.82, 2.24) is 0 Å². The monoisotopic (exact) mass is 347 g/mol. The van der Waals surface area contributed by atoms with Crippen LogP contribution in [-0.2, 0) is 4.79 Å². The van der Waals surface area contributed by atoms with Gasteiger partial charge in [0.15, 0.2) is 0 Å². The van der Waals surface area contributed by atoms with Crippen molar-refractivity contribution in [1.29, 1.82) is 5.26 Å². The van der Waals surface area contributed by atoms with Gasteiger partial charge in [-0.25, -0.2) is 0 Å². The highest BCUT2D eigenvalue weighted by Crippen LogP contribution is 2.30. The summed E-state index contributed by atoms with van der Waals surface area (Å²) >= 11 is 12.0. The number of nitriles is 1. The molecule has 0 saturated heterocycles. The summed E-state index contributed by atoms with van der Waals surface area (Å²) in [4.78, 5) is 24.0. The number of carbonyl (C=O) groups is 2. The van der Waals surface area contributed by atoms with Gasteiger partial charge in [-0.2, -0.15) is 5.26 Å². The fourth-order valence-electron chi connectivity index (χ4n) is 1.85. The maximum Gasteiger partial charge on any atom is 0.257 e. The van der Waals surface area contributed by atoms with E-state index in [1.807, 2.05) is 0 Å². The Balaban J connectivity index is 2.26. The molecule has 0 aromatic heterocycles. The van der Waals surface area contributed by atoms with E-state index in [9.17, 15) is 9.59 Å². The number of nitrogens with one attached hydrogen (secondary N) is 2. The minimum Gasteiger partial charge on any atom is -0.324 e. The van der Waals surface area contributed by atoms with E-state index in [4.69, 9.17) is 28.5 Å². The topological polar surface area (TPSA) is 82.0 Å². The first-order valence-corrected chi connectivity index (χ1v) is 7.29. The third-order valence-corrected chi connectivity index (χ3v) is 3.52. The van der Waals surface area contributed by atoms with E-state index < -0.39 is 11.8 Å². The lowest BCUT2D eigenvalue weighted by Gasteiger charge is -2.12. The van der Waals surface area contributed by atoms with Crippen molar-refractivity contribution in [2.45, 2.75) is 6.42 Å². The Labute approximate surface area is 142 Å². The van der Waals surface area contributed by atoms with Crippen LogP contribution < -0.4 is 10.6 Å². The summed E-state index contributed by atoms with van der Waals surface area (Å²) < 4.78 is 0. The molecule has 0 saturated carbocycles. The average molecular weight is 348 g/mol. The molecule has 2 aromatic rings. The Hall–Kier alpha value is -2.55. The van der Waals surface area contributed by atoms with Crippen molar-refractivity contribution in [3.63, 3.8) is 0 Å². The second kappa shape index (κ2) is 7.63. The molecule has 2 N–H and O–H groups in total. The van der Waals surface area contributed by atoms with Gasteiger partial charge in [-0.1, -0.05) is 41.4 Å². The van der Waals surface area contributed by atoms with Crippen molar-refractivity contribution in [3.8, 4) is 6.07 Å². The summed E-state index contributed by atoms with van der Waals surface area (Å²) in [5.41, 5.74) is 0.821. The molecule has 0 radical (unpaired) electrons. The third-order valence-electron chi connectivity index (χ3n) is 2.89. The molecule has 2 rings (SSSR count). The molecule has 5 nitrogen and oxygen atoms in total. The second-order valence-corrected chi connectivity index (χ2v) is 5.29. The molecule has 0 aliphatic rings. The van der Waals surface area contributed by atoms with Crippen molar-refractivity contribution in [2.75, 3.05) is 10.6 Å². The first-order valence-electron chi connectivity index (χ1n) is 6.54. The fraction of sp³-hybridized carbons (Fsp3) is 0.0625. The van der Waals surface area contributed by atoms with Crippen LogP contribution in [0.1, 0.15) is 16.8 Å². The highest BCUT2D eigenvalue weighted by molar-refractivity contribution is 6.40. The summed E-state index contributed by atoms with van der Waals surface area (Å²) in [7, 11) is 0. The predicted octanol–water partition coefficient (Wildman–Crippen LogP) is 4.10. The van der Waals surface area contributed by atoms with Gasteiger partial charge in [-0.15, -0.1) is 0 Å². The minimum absolute atomic E-state index is 0.231. The number of carbonyl (C=O) groups excluding carboxylic acids is 2. The van der Waals surface area contributed by atoms with E-state index in [0.717, 1.165) is 0 Å². The summed E-state index contributed by atoms with van der Waals surface area (Å²) in [6.07, 6.45) is -0.299. The second-order valence-electron chi connectivity index (χ2n) is 4.48. The van der Waals surface area contributed by atoms with Crippen LogP contribution in [0.25, 0.3) is 0 Å². The number of hydrogen-bond donors (Lipinski definition) is 2. The molecule has 0 heterocycles. The Morgan fingerprint density at radius 2 is 1.65 bits per heavy atom. The summed E-state index contributed by atoms with van der Waals surface area (Å²) in [6.45, 7) is 0. The van der Waals surface area contributed by atoms with Crippen LogP contribution in [0.5, 0.6) is 0 Å². The van der Waals surface area contributed by atoms with Crippen LogP contribution >= 0.6 is 23.2 Å². The molecule has 0 atom stereocenters. The lowest BCUT2D eigenvalue weighted by Crippen LogP contribution is -2.18. The highest BCUT2D eigenvalue weighted by atomic mass is 35.5. The van der Waals surface area contributed by atoms with Crippen LogP contribution in [0.15, 0.2) is 42.5 Å². The van der Waals surface area contributed by atoms with Crippen molar-refractivity contribution in [3.05, 3.63) is 58.1 Å². The van der Waals surface area contributed by atoms with Gasteiger partial charge in [0.2, 0.25) is 5.91 Å². The van der Waals surface area contributed by atoms with Crippen molar-refractivity contribution >= 4 is 46.4 Å². The number of amides is 2. The maximum atomic E-state index is 12.4. The molecule has 2 amide bonds. The number of rotatable bonds is 4. The predicted molar refractivity (Wildman–Crippen MR) is 89.7 cm³/mol. The Bertz CT molecular complexity index is 780. The van der Waals surface area contributed by atoms with Gasteiger partial charge in [-0.05, 0) is 24.3 Å². The molecule has 23 heavy (non-hydrogen) atoms. The minimum atomic E-state index is -0.497. The Kier molecular flexibility index (Phi) is 5.58. The van der Waals surface area contributed by atoms with Crippen LogP contribution in [0.4, 0.5) is 11.4 Å². The molecule has 2 aromatic carbocycles. The first kappa shape index (κ1) is 16.8. The van der Waals surface area contributed by atoms with Gasteiger partial charge in [0, 0.05) is 0 Å². The quantitative estimate of drug-likeness (QED) is 0.873. The number of benzene rings is 2. The smallest absolute Gasteiger partial charge is 0.257 e. The molecule has 0 aliphatic carbocycles. The molecule has 7 heteroatoms. The number of halogens is 2. The zero-order valence-corrected chi connectivity index (χ0v) is 13.3. The fourth-order valence-corrected chi connectivity index (χ4v) is 2.35. The third kappa shape index (κ3) is 4.22. The van der Waals surface area contributed by atoms with Gasteiger partial charge in [-0.3, -0.25) is 9.59 Å². The van der Waals surface area contributed by atoms with E-state index in [2.05, 4.69) is 10.6 Å². The van der Waals surface area contributed by atoms with Crippen molar-refractivity contribution < 1.29 is 9.59 Å². The lowest BCUT2D eigenvalue weighted by molar-refractivity contribution is -0.115. The molecule has 0 fully saturated rings. The van der Waals surface area contributed by atoms with Crippen molar-refractivity contribution in [2.24, 2.45) is 0 Å². The van der Waals surface area contributed by atoms with Crippen LogP contribution in [0, 0.1) is 11.3 Å². The largest absolute Gasteiger partial charge is 0.324 e. The van der Waals surface area contributed by atoms with Crippen LogP contribution in [-0.4, -0.2) is 11.8 Å². The molecular weight excluding hydrogens is 337 g/mol. The molecule has 0 bridgehead atoms. The van der Waals surface area contributed by atoms with Gasteiger partial charge < -0.3 is 10.6 Å². The van der Waals surface area contributed by atoms with Gasteiger partial charge in [0.05, 0.1) is 33.1 Å². The zero-order chi connectivity index (χ0) is 16.8. The highest BCUT2D eigenvalue weighted by Gasteiger charge is 2.15. The van der Waals surface area contributed by atoms with E-state index in [1.54, 1.807) is 48.5 Å². The number of nitrogens with zero attached hydrogens (tertiary/aromatic N) is 1. The standard InChI is InChI=1S/C16H11Cl2N3O2/c17-11-5-3-6-12(18)15(11)21-16(23)10-4-1-2-7-13(10)20-14(22)8-9-19/h1-7H,8H2,(H,20,22)(H,21,23). The molecule has 116 valence electrons. The first-order chi connectivity index (χ1) is 11.0. The Morgan fingerprint density at radius 3 is 2.30 bits per heavy atom. The van der Waals surface area contributed by atoms with E-state index in [-0.39, 0.29) is 12.0 Å². The van der Waals surface area contributed by atoms with Crippen LogP contribution in [0.2, 0.25) is 10.0 Å². The molecule has 0 spiro atoms. The number of anilines is 2. The van der Waals surface area contributed by atoms with Gasteiger partial charge in [0.25, 0.3) is 5.91 Å². The number of hydrogen-bond acceptors (Lipinski definition) is 3. The summed E-state index contributed by atoms with van der Waals surface area (Å²) in [5.74, 6) is -0.976. The molecular formula is C16H11Cl2N3O2. The SMILES string of the molecule is N#CCC(=O)Nc1ccccc1C(=O)Nc1c(Cl)cccc1Cl. The zero-order valence-electron chi connectivity index (χ0n) is 11.8. The Morgan fingerprint density at radius 1 is 1.00 bits per heavy atom. The van der Waals surface area contributed by atoms with Gasteiger partial charge >= 0.3 is 0 Å². The van der Waals surface area contributed by atoms with Gasteiger partial charge in [0.1, 0.15) is 6.42 Å². The average Bonchev–Trinajstić information content (AvgIpc) is 2.51.